The zero-order valence-corrected chi connectivity index (χ0v) is 21.8. The van der Waals surface area contributed by atoms with Crippen molar-refractivity contribution in [1.29, 1.82) is 0 Å². The lowest BCUT2D eigenvalue weighted by molar-refractivity contribution is -0.384. The van der Waals surface area contributed by atoms with Gasteiger partial charge in [-0.1, -0.05) is 59.9 Å². The summed E-state index contributed by atoms with van der Waals surface area (Å²) in [6.45, 7) is -0.00446. The van der Waals surface area contributed by atoms with E-state index in [9.17, 15) is 24.5 Å². The van der Waals surface area contributed by atoms with Gasteiger partial charge in [-0.25, -0.2) is 5.01 Å². The lowest BCUT2D eigenvalue weighted by atomic mass is 9.81. The molecule has 2 fully saturated rings. The summed E-state index contributed by atoms with van der Waals surface area (Å²) in [6, 6.07) is 12.3. The van der Waals surface area contributed by atoms with E-state index in [4.69, 9.17) is 0 Å². The summed E-state index contributed by atoms with van der Waals surface area (Å²) in [6.07, 6.45) is 0.971. The second kappa shape index (κ2) is 9.63. The Labute approximate surface area is 214 Å². The van der Waals surface area contributed by atoms with Gasteiger partial charge in [0.2, 0.25) is 0 Å². The fourth-order valence-corrected chi connectivity index (χ4v) is 5.69. The molecule has 33 heavy (non-hydrogen) atoms. The van der Waals surface area contributed by atoms with Gasteiger partial charge in [0.1, 0.15) is 0 Å². The van der Waals surface area contributed by atoms with Crippen LogP contribution in [0, 0.1) is 22.0 Å². The monoisotopic (exact) mass is 641 g/mol. The van der Waals surface area contributed by atoms with E-state index in [1.165, 1.54) is 24.3 Å². The van der Waals surface area contributed by atoms with Crippen LogP contribution in [-0.4, -0.2) is 42.3 Å². The van der Waals surface area contributed by atoms with Crippen molar-refractivity contribution < 1.29 is 19.3 Å². The number of nitrogens with zero attached hydrogens (tertiary/aromatic N) is 3. The number of hydrazine groups is 1. The van der Waals surface area contributed by atoms with Gasteiger partial charge >= 0.3 is 0 Å². The van der Waals surface area contributed by atoms with Gasteiger partial charge in [-0.2, -0.15) is 5.01 Å². The van der Waals surface area contributed by atoms with Gasteiger partial charge < -0.3 is 0 Å². The lowest BCUT2D eigenvalue weighted by Gasteiger charge is -2.30. The number of halogens is 3. The molecule has 0 spiro atoms. The molecule has 0 aromatic heterocycles. The van der Waals surface area contributed by atoms with Crippen LogP contribution in [0.15, 0.2) is 53.0 Å². The van der Waals surface area contributed by atoms with E-state index in [1.54, 1.807) is 12.1 Å². The number of amides is 3. The van der Waals surface area contributed by atoms with Crippen LogP contribution in [0.2, 0.25) is 0 Å². The van der Waals surface area contributed by atoms with Crippen molar-refractivity contribution in [3.05, 3.63) is 74.2 Å². The molecule has 11 heteroatoms. The first-order valence-electron chi connectivity index (χ1n) is 10.1. The number of fused-ring (bicyclic) bond motifs is 1. The highest BCUT2D eigenvalue weighted by molar-refractivity contribution is 9.12. The minimum Gasteiger partial charge on any atom is -0.272 e. The van der Waals surface area contributed by atoms with Crippen LogP contribution in [0.3, 0.4) is 0 Å². The Hall–Kier alpha value is -2.11. The number of nitro groups is 1. The smallest absolute Gasteiger partial charge is 0.272 e. The van der Waals surface area contributed by atoms with Crippen molar-refractivity contribution in [2.24, 2.45) is 11.8 Å². The van der Waals surface area contributed by atoms with Crippen LogP contribution in [0.4, 0.5) is 5.69 Å². The highest BCUT2D eigenvalue weighted by Crippen LogP contribution is 2.44. The summed E-state index contributed by atoms with van der Waals surface area (Å²) in [4.78, 5) is 50.7. The molecule has 1 aliphatic carbocycles. The van der Waals surface area contributed by atoms with Crippen molar-refractivity contribution in [3.63, 3.8) is 0 Å². The maximum atomic E-state index is 13.5. The van der Waals surface area contributed by atoms with Gasteiger partial charge in [-0.3, -0.25) is 24.5 Å². The number of carbonyl (C=O) groups is 3. The van der Waals surface area contributed by atoms with Crippen LogP contribution in [0.25, 0.3) is 0 Å². The Kier molecular flexibility index (Phi) is 7.01. The Bertz CT molecular complexity index is 1080. The van der Waals surface area contributed by atoms with Gasteiger partial charge in [0.25, 0.3) is 23.4 Å². The summed E-state index contributed by atoms with van der Waals surface area (Å²) in [7, 11) is 0. The topological polar surface area (TPSA) is 101 Å². The number of benzene rings is 2. The first kappa shape index (κ1) is 24.0. The molecule has 1 heterocycles. The lowest BCUT2D eigenvalue weighted by Crippen LogP contribution is -2.49. The van der Waals surface area contributed by atoms with E-state index in [1.807, 2.05) is 12.1 Å². The number of hydrogen-bond acceptors (Lipinski definition) is 5. The molecule has 0 bridgehead atoms. The summed E-state index contributed by atoms with van der Waals surface area (Å²) < 4.78 is 0.852. The normalized spacial score (nSPS) is 24.5. The fraction of sp³-hybridized carbons (Fsp3) is 0.318. The minimum atomic E-state index is -0.584. The molecule has 2 aromatic carbocycles. The summed E-state index contributed by atoms with van der Waals surface area (Å²) >= 11 is 10.5. The molecule has 2 aliphatic rings. The van der Waals surface area contributed by atoms with Crippen LogP contribution in [-0.2, 0) is 16.1 Å². The van der Waals surface area contributed by atoms with Gasteiger partial charge in [0.05, 0.1) is 23.3 Å². The number of carbonyl (C=O) groups excluding carboxylic acids is 3. The first-order chi connectivity index (χ1) is 15.7. The number of alkyl halides is 2. The molecule has 1 saturated heterocycles. The van der Waals surface area contributed by atoms with E-state index in [-0.39, 0.29) is 27.4 Å². The third kappa shape index (κ3) is 4.76. The molecule has 2 aromatic rings. The van der Waals surface area contributed by atoms with Gasteiger partial charge in [0, 0.05) is 31.8 Å². The maximum absolute atomic E-state index is 13.5. The predicted molar refractivity (Wildman–Crippen MR) is 131 cm³/mol. The second-order valence-corrected chi connectivity index (χ2v) is 11.3. The first-order valence-corrected chi connectivity index (χ1v) is 12.8. The predicted octanol–water partition coefficient (Wildman–Crippen LogP) is 4.84. The molecule has 1 aliphatic heterocycles. The molecular weight excluding hydrogens is 626 g/mol. The van der Waals surface area contributed by atoms with Crippen LogP contribution < -0.4 is 0 Å². The van der Waals surface area contributed by atoms with Crippen LogP contribution >= 0.6 is 47.8 Å². The Morgan fingerprint density at radius 1 is 0.970 bits per heavy atom. The summed E-state index contributed by atoms with van der Waals surface area (Å²) in [5, 5.41) is 13.1. The number of imide groups is 1. The summed E-state index contributed by atoms with van der Waals surface area (Å²) in [5.41, 5.74) is 0.711. The highest BCUT2D eigenvalue weighted by Gasteiger charge is 2.54. The molecule has 172 valence electrons. The largest absolute Gasteiger partial charge is 0.273 e. The summed E-state index contributed by atoms with van der Waals surface area (Å²) in [5.74, 6) is -2.40. The van der Waals surface area contributed by atoms with Crippen LogP contribution in [0.5, 0.6) is 0 Å². The third-order valence-electron chi connectivity index (χ3n) is 5.93. The second-order valence-electron chi connectivity index (χ2n) is 8.00. The highest BCUT2D eigenvalue weighted by atomic mass is 79.9. The Morgan fingerprint density at radius 2 is 1.48 bits per heavy atom. The third-order valence-corrected chi connectivity index (χ3v) is 9.20. The SMILES string of the molecule is O=C(c1ccc([N+](=O)[O-])cc1)N(Cc1ccc(Br)cc1)N1C(=O)[C@@H]2C[C@H](Br)[C@@H](Br)C[C@H]2C1=O. The molecule has 1 saturated carbocycles. The molecular formula is C22H18Br3N3O5. The van der Waals surface area contributed by atoms with E-state index in [0.717, 1.165) is 20.1 Å². The average Bonchev–Trinajstić information content (AvgIpc) is 3.02. The molecule has 4 rings (SSSR count). The van der Waals surface area contributed by atoms with Crippen molar-refractivity contribution in [2.45, 2.75) is 29.0 Å². The van der Waals surface area contributed by atoms with E-state index < -0.39 is 34.5 Å². The van der Waals surface area contributed by atoms with Crippen molar-refractivity contribution in [3.8, 4) is 0 Å². The van der Waals surface area contributed by atoms with Gasteiger partial charge in [0.15, 0.2) is 0 Å². The number of rotatable bonds is 5. The average molecular weight is 644 g/mol. The molecule has 8 nitrogen and oxygen atoms in total. The zero-order chi connectivity index (χ0) is 23.9. The number of hydrogen-bond donors (Lipinski definition) is 0. The molecule has 0 radical (unpaired) electrons. The molecule has 3 amide bonds. The Balaban J connectivity index is 1.70. The zero-order valence-electron chi connectivity index (χ0n) is 17.1. The molecule has 0 unspecified atom stereocenters. The van der Waals surface area contributed by atoms with E-state index >= 15 is 0 Å². The fourth-order valence-electron chi connectivity index (χ4n) is 4.19. The molecule has 4 atom stereocenters. The minimum absolute atomic E-state index is 0.00446. The number of nitro benzene ring substituents is 1. The van der Waals surface area contributed by atoms with E-state index in [0.29, 0.717) is 12.8 Å². The van der Waals surface area contributed by atoms with E-state index in [2.05, 4.69) is 47.8 Å². The van der Waals surface area contributed by atoms with Gasteiger partial charge in [-0.05, 0) is 42.7 Å². The van der Waals surface area contributed by atoms with Crippen molar-refractivity contribution >= 4 is 71.2 Å². The maximum Gasteiger partial charge on any atom is 0.273 e. The quantitative estimate of drug-likeness (QED) is 0.201. The van der Waals surface area contributed by atoms with Gasteiger partial charge in [-0.15, -0.1) is 0 Å². The van der Waals surface area contributed by atoms with Crippen LogP contribution in [0.1, 0.15) is 28.8 Å². The Morgan fingerprint density at radius 3 is 1.97 bits per heavy atom. The van der Waals surface area contributed by atoms with Crippen molar-refractivity contribution in [2.75, 3.05) is 0 Å². The van der Waals surface area contributed by atoms with Crippen molar-refractivity contribution in [1.82, 2.24) is 10.0 Å². The molecule has 0 N–H and O–H groups in total. The standard InChI is InChI=1S/C22H18Br3N3O5/c23-14-5-1-12(2-6-14)11-26(20(29)13-3-7-15(8-4-13)28(32)33)27-21(30)16-9-18(24)19(25)10-17(16)22(27)31/h1-8,16-19H,9-11H2/t16-,17-,18+,19+/m1/s1. The number of non-ortho nitro benzene ring substituents is 1.